The Morgan fingerprint density at radius 2 is 2.25 bits per heavy atom. The van der Waals surface area contributed by atoms with Crippen LogP contribution in [0.4, 0.5) is 0 Å². The number of aromatic nitrogens is 1. The first kappa shape index (κ1) is 13.9. The zero-order valence-electron chi connectivity index (χ0n) is 9.36. The van der Waals surface area contributed by atoms with Crippen LogP contribution in [0.15, 0.2) is 4.34 Å². The van der Waals surface area contributed by atoms with Gasteiger partial charge in [-0.05, 0) is 25.4 Å². The van der Waals surface area contributed by atoms with Crippen molar-refractivity contribution in [2.45, 2.75) is 24.1 Å². The second-order valence-electron chi connectivity index (χ2n) is 3.25. The predicted molar refractivity (Wildman–Crippen MR) is 71.9 cm³/mol. The monoisotopic (exact) mass is 277 g/mol. The highest BCUT2D eigenvalue weighted by Crippen LogP contribution is 2.28. The number of carboxylic acids is 1. The third-order valence-electron chi connectivity index (χ3n) is 1.90. The van der Waals surface area contributed by atoms with Gasteiger partial charge in [0, 0.05) is 10.6 Å². The Bertz CT molecular complexity index is 352. The summed E-state index contributed by atoms with van der Waals surface area (Å²) in [6.45, 7) is 1.88. The molecule has 0 fully saturated rings. The Hall–Kier alpha value is -0.200. The minimum atomic E-state index is -0.786. The molecule has 0 spiro atoms. The van der Waals surface area contributed by atoms with Crippen LogP contribution >= 0.6 is 34.9 Å². The molecular formula is C10H15NO2S3. The SMILES string of the molecule is CSCCCSc1nc(C)c(CC(=O)O)s1. The molecule has 0 aromatic carbocycles. The van der Waals surface area contributed by atoms with Gasteiger partial charge in [-0.2, -0.15) is 11.8 Å². The number of aryl methyl sites for hydroxylation is 1. The Kier molecular flexibility index (Phi) is 6.23. The number of thioether (sulfide) groups is 2. The molecule has 0 aliphatic rings. The van der Waals surface area contributed by atoms with E-state index >= 15 is 0 Å². The summed E-state index contributed by atoms with van der Waals surface area (Å²) in [5.74, 6) is 1.44. The number of rotatable bonds is 7. The molecule has 1 rings (SSSR count). The van der Waals surface area contributed by atoms with Gasteiger partial charge in [0.05, 0.1) is 12.1 Å². The number of nitrogens with zero attached hydrogens (tertiary/aromatic N) is 1. The van der Waals surface area contributed by atoms with Gasteiger partial charge in [0.1, 0.15) is 4.34 Å². The van der Waals surface area contributed by atoms with Gasteiger partial charge >= 0.3 is 5.97 Å². The van der Waals surface area contributed by atoms with E-state index < -0.39 is 5.97 Å². The van der Waals surface area contributed by atoms with Crippen LogP contribution in [0.1, 0.15) is 17.0 Å². The molecule has 90 valence electrons. The summed E-state index contributed by atoms with van der Waals surface area (Å²) in [5.41, 5.74) is 0.861. The van der Waals surface area contributed by atoms with Crippen LogP contribution in [0, 0.1) is 6.92 Å². The molecule has 1 aromatic heterocycles. The number of carbonyl (C=O) groups is 1. The van der Waals surface area contributed by atoms with Crippen LogP contribution < -0.4 is 0 Å². The minimum absolute atomic E-state index is 0.0921. The van der Waals surface area contributed by atoms with Crippen molar-refractivity contribution in [3.8, 4) is 0 Å². The summed E-state index contributed by atoms with van der Waals surface area (Å²) >= 11 is 5.08. The van der Waals surface area contributed by atoms with Crippen molar-refractivity contribution < 1.29 is 9.90 Å². The molecule has 6 heteroatoms. The molecule has 0 saturated heterocycles. The van der Waals surface area contributed by atoms with Crippen LogP contribution in [0.3, 0.4) is 0 Å². The maximum atomic E-state index is 10.6. The van der Waals surface area contributed by atoms with Gasteiger partial charge in [0.15, 0.2) is 0 Å². The van der Waals surface area contributed by atoms with E-state index in [1.807, 2.05) is 18.7 Å². The fraction of sp³-hybridized carbons (Fsp3) is 0.600. The van der Waals surface area contributed by atoms with E-state index in [9.17, 15) is 4.79 Å². The zero-order chi connectivity index (χ0) is 12.0. The highest BCUT2D eigenvalue weighted by Gasteiger charge is 2.10. The lowest BCUT2D eigenvalue weighted by molar-refractivity contribution is -0.136. The van der Waals surface area contributed by atoms with Crippen molar-refractivity contribution in [2.24, 2.45) is 0 Å². The van der Waals surface area contributed by atoms with Crippen molar-refractivity contribution in [1.82, 2.24) is 4.98 Å². The van der Waals surface area contributed by atoms with E-state index in [0.717, 1.165) is 20.7 Å². The summed E-state index contributed by atoms with van der Waals surface area (Å²) in [6.07, 6.45) is 3.36. The van der Waals surface area contributed by atoms with Crippen molar-refractivity contribution in [1.29, 1.82) is 0 Å². The Balaban J connectivity index is 2.45. The summed E-state index contributed by atoms with van der Waals surface area (Å²) in [7, 11) is 0. The molecule has 0 saturated carbocycles. The number of aliphatic carboxylic acids is 1. The van der Waals surface area contributed by atoms with Gasteiger partial charge in [-0.1, -0.05) is 11.8 Å². The predicted octanol–water partition coefficient (Wildman–Crippen LogP) is 2.92. The van der Waals surface area contributed by atoms with Crippen LogP contribution in [-0.2, 0) is 11.2 Å². The highest BCUT2D eigenvalue weighted by molar-refractivity contribution is 8.01. The van der Waals surface area contributed by atoms with Gasteiger partial charge in [0.25, 0.3) is 0 Å². The molecule has 1 N–H and O–H groups in total. The molecule has 0 radical (unpaired) electrons. The van der Waals surface area contributed by atoms with Gasteiger partial charge in [-0.15, -0.1) is 11.3 Å². The molecule has 0 aliphatic carbocycles. The molecular weight excluding hydrogens is 262 g/mol. The topological polar surface area (TPSA) is 50.2 Å². The Morgan fingerprint density at radius 3 is 2.88 bits per heavy atom. The molecule has 0 unspecified atom stereocenters. The second-order valence-corrected chi connectivity index (χ2v) is 6.66. The molecule has 16 heavy (non-hydrogen) atoms. The minimum Gasteiger partial charge on any atom is -0.481 e. The smallest absolute Gasteiger partial charge is 0.308 e. The average Bonchev–Trinajstić information content (AvgIpc) is 2.54. The van der Waals surface area contributed by atoms with Crippen LogP contribution in [0.2, 0.25) is 0 Å². The van der Waals surface area contributed by atoms with Crippen LogP contribution in [-0.4, -0.2) is 33.8 Å². The number of hydrogen-bond donors (Lipinski definition) is 1. The maximum Gasteiger partial charge on any atom is 0.308 e. The first-order chi connectivity index (χ1) is 7.63. The maximum absolute atomic E-state index is 10.6. The lowest BCUT2D eigenvalue weighted by Crippen LogP contribution is -1.99. The van der Waals surface area contributed by atoms with Gasteiger partial charge in [-0.3, -0.25) is 4.79 Å². The van der Waals surface area contributed by atoms with Gasteiger partial charge < -0.3 is 5.11 Å². The third-order valence-corrected chi connectivity index (χ3v) is 4.99. The van der Waals surface area contributed by atoms with E-state index in [-0.39, 0.29) is 6.42 Å². The lowest BCUT2D eigenvalue weighted by Gasteiger charge is -1.95. The number of carboxylic acid groups (broad SMARTS) is 1. The van der Waals surface area contributed by atoms with Crippen molar-refractivity contribution in [3.05, 3.63) is 10.6 Å². The zero-order valence-corrected chi connectivity index (χ0v) is 11.8. The molecule has 3 nitrogen and oxygen atoms in total. The summed E-state index contributed by atoms with van der Waals surface area (Å²) in [6, 6.07) is 0. The van der Waals surface area contributed by atoms with E-state index in [4.69, 9.17) is 5.11 Å². The normalized spacial score (nSPS) is 10.6. The number of thiazole rings is 1. The largest absolute Gasteiger partial charge is 0.481 e. The van der Waals surface area contributed by atoms with Gasteiger partial charge in [0.2, 0.25) is 0 Å². The standard InChI is InChI=1S/C10H15NO2S3/c1-7-8(6-9(12)13)16-10(11-7)15-5-3-4-14-2/h3-6H2,1-2H3,(H,12,13). The first-order valence-corrected chi connectivity index (χ1v) is 8.13. The Labute approximate surface area is 108 Å². The molecule has 0 atom stereocenters. The molecule has 1 heterocycles. The molecule has 1 aromatic rings. The van der Waals surface area contributed by atoms with Crippen LogP contribution in [0.25, 0.3) is 0 Å². The fourth-order valence-electron chi connectivity index (χ4n) is 1.13. The average molecular weight is 277 g/mol. The summed E-state index contributed by atoms with van der Waals surface area (Å²) in [5, 5.41) is 8.72. The first-order valence-electron chi connectivity index (χ1n) is 4.93. The highest BCUT2D eigenvalue weighted by atomic mass is 32.2. The van der Waals surface area contributed by atoms with Crippen molar-refractivity contribution in [2.75, 3.05) is 17.8 Å². The third kappa shape index (κ3) is 4.76. The van der Waals surface area contributed by atoms with E-state index in [2.05, 4.69) is 11.2 Å². The quantitative estimate of drug-likeness (QED) is 0.613. The summed E-state index contributed by atoms with van der Waals surface area (Å²) < 4.78 is 0.995. The van der Waals surface area contributed by atoms with Crippen LogP contribution in [0.5, 0.6) is 0 Å². The van der Waals surface area contributed by atoms with E-state index in [0.29, 0.717) is 0 Å². The number of hydrogen-bond acceptors (Lipinski definition) is 5. The fourth-order valence-corrected chi connectivity index (χ4v) is 3.98. The second kappa shape index (κ2) is 7.19. The van der Waals surface area contributed by atoms with Crippen molar-refractivity contribution >= 4 is 40.8 Å². The van der Waals surface area contributed by atoms with E-state index in [1.165, 1.54) is 23.5 Å². The molecule has 0 bridgehead atoms. The summed E-state index contributed by atoms with van der Waals surface area (Å²) in [4.78, 5) is 15.8. The lowest BCUT2D eigenvalue weighted by atomic mass is 10.3. The molecule has 0 amide bonds. The molecule has 0 aliphatic heterocycles. The van der Waals surface area contributed by atoms with E-state index in [1.54, 1.807) is 11.8 Å². The van der Waals surface area contributed by atoms with Crippen molar-refractivity contribution in [3.63, 3.8) is 0 Å². The van der Waals surface area contributed by atoms with Gasteiger partial charge in [-0.25, -0.2) is 4.98 Å². The Morgan fingerprint density at radius 1 is 1.50 bits per heavy atom.